The van der Waals surface area contributed by atoms with Crippen molar-refractivity contribution in [1.82, 2.24) is 20.2 Å². The first kappa shape index (κ1) is 29.6. The highest BCUT2D eigenvalue weighted by molar-refractivity contribution is 5.81. The van der Waals surface area contributed by atoms with E-state index in [1.165, 1.54) is 29.4 Å². The summed E-state index contributed by atoms with van der Waals surface area (Å²) in [6.45, 7) is 10.4. The molecule has 5 rings (SSSR count). The maximum atomic E-state index is 11.4. The highest BCUT2D eigenvalue weighted by Gasteiger charge is 2.15. The third kappa shape index (κ3) is 7.31. The molecule has 8 heteroatoms. The Morgan fingerprint density at radius 2 is 1.81 bits per heavy atom. The normalized spacial score (nSPS) is 13.8. The first-order valence-electron chi connectivity index (χ1n) is 14.6. The van der Waals surface area contributed by atoms with Crippen molar-refractivity contribution in [2.24, 2.45) is 0 Å². The minimum Gasteiger partial charge on any atom is -0.493 e. The van der Waals surface area contributed by atoms with Crippen molar-refractivity contribution in [3.05, 3.63) is 88.9 Å². The summed E-state index contributed by atoms with van der Waals surface area (Å²) in [7, 11) is 1.38. The summed E-state index contributed by atoms with van der Waals surface area (Å²) in [6, 6.07) is 16.9. The number of pyridine rings is 2. The van der Waals surface area contributed by atoms with Crippen molar-refractivity contribution in [3.8, 4) is 16.9 Å². The zero-order valence-electron chi connectivity index (χ0n) is 24.8. The smallest absolute Gasteiger partial charge is 0.319 e. The highest BCUT2D eigenvalue weighted by atomic mass is 16.5. The molecule has 4 aromatic rings. The summed E-state index contributed by atoms with van der Waals surface area (Å²) in [5.41, 5.74) is 8.83. The predicted octanol–water partition coefficient (Wildman–Crippen LogP) is 4.87. The van der Waals surface area contributed by atoms with Gasteiger partial charge in [-0.3, -0.25) is 19.7 Å². The number of ether oxygens (including phenoxy) is 3. The van der Waals surface area contributed by atoms with Crippen LogP contribution < -0.4 is 10.1 Å². The van der Waals surface area contributed by atoms with E-state index in [0.717, 1.165) is 72.7 Å². The maximum absolute atomic E-state index is 11.4. The molecule has 1 aliphatic rings. The van der Waals surface area contributed by atoms with Gasteiger partial charge in [-0.15, -0.1) is 0 Å². The maximum Gasteiger partial charge on any atom is 0.319 e. The second kappa shape index (κ2) is 14.4. The van der Waals surface area contributed by atoms with Gasteiger partial charge >= 0.3 is 5.97 Å². The van der Waals surface area contributed by atoms with Crippen molar-refractivity contribution in [2.75, 3.05) is 53.1 Å². The van der Waals surface area contributed by atoms with Crippen molar-refractivity contribution in [2.45, 2.75) is 33.2 Å². The summed E-state index contributed by atoms with van der Waals surface area (Å²) < 4.78 is 16.4. The van der Waals surface area contributed by atoms with Gasteiger partial charge < -0.3 is 19.5 Å². The monoisotopic (exact) mass is 568 g/mol. The zero-order chi connectivity index (χ0) is 29.3. The molecule has 1 saturated heterocycles. The van der Waals surface area contributed by atoms with Gasteiger partial charge in [0, 0.05) is 50.4 Å². The highest BCUT2D eigenvalue weighted by Crippen LogP contribution is 2.34. The summed E-state index contributed by atoms with van der Waals surface area (Å²) in [5.74, 6) is 0.651. The zero-order valence-corrected chi connectivity index (χ0v) is 24.8. The number of carbonyl (C=O) groups excluding carboxylic acids is 1. The van der Waals surface area contributed by atoms with Crippen LogP contribution in [0.4, 0.5) is 0 Å². The number of methoxy groups -OCH3 is 1. The first-order chi connectivity index (χ1) is 20.5. The van der Waals surface area contributed by atoms with Gasteiger partial charge in [0.1, 0.15) is 5.75 Å². The number of esters is 1. The molecule has 3 heterocycles. The largest absolute Gasteiger partial charge is 0.493 e. The number of benzene rings is 2. The standard InChI is InChI=1S/C34H40N4O4/c1-24-27(20-31-34-28(11-12-36-31)19-26(22-37-34)21-35-23-33(39)40-3)7-4-8-29(24)30-9-5-10-32(25(30)2)42-16-6-13-38-14-17-41-18-15-38/h4-5,7-12,19,22,35H,6,13-18,20-21,23H2,1-3H3. The number of fused-ring (bicyclic) bond motifs is 1. The lowest BCUT2D eigenvalue weighted by molar-refractivity contribution is -0.139. The van der Waals surface area contributed by atoms with Crippen LogP contribution in [0, 0.1) is 13.8 Å². The minimum absolute atomic E-state index is 0.162. The minimum atomic E-state index is -0.290. The van der Waals surface area contributed by atoms with E-state index in [0.29, 0.717) is 19.6 Å². The van der Waals surface area contributed by atoms with Crippen LogP contribution in [-0.4, -0.2) is 73.9 Å². The van der Waals surface area contributed by atoms with Gasteiger partial charge in [-0.2, -0.15) is 0 Å². The molecule has 1 fully saturated rings. The Kier molecular flexibility index (Phi) is 10.1. The number of rotatable bonds is 12. The Morgan fingerprint density at radius 3 is 2.62 bits per heavy atom. The summed E-state index contributed by atoms with van der Waals surface area (Å²) in [5, 5.41) is 4.12. The molecule has 220 valence electrons. The fourth-order valence-electron chi connectivity index (χ4n) is 5.48. The third-order valence-electron chi connectivity index (χ3n) is 7.92. The van der Waals surface area contributed by atoms with Gasteiger partial charge in [-0.05, 0) is 71.8 Å². The molecule has 8 nitrogen and oxygen atoms in total. The van der Waals surface area contributed by atoms with Gasteiger partial charge in [0.05, 0.1) is 44.7 Å². The summed E-state index contributed by atoms with van der Waals surface area (Å²) in [6.07, 6.45) is 5.36. The molecule has 0 radical (unpaired) electrons. The number of hydrogen-bond donors (Lipinski definition) is 1. The van der Waals surface area contributed by atoms with Crippen LogP contribution in [0.2, 0.25) is 0 Å². The number of morpholine rings is 1. The number of nitrogens with zero attached hydrogens (tertiary/aromatic N) is 3. The fourth-order valence-corrected chi connectivity index (χ4v) is 5.48. The lowest BCUT2D eigenvalue weighted by atomic mass is 9.91. The van der Waals surface area contributed by atoms with Gasteiger partial charge in [-0.25, -0.2) is 0 Å². The first-order valence-corrected chi connectivity index (χ1v) is 14.6. The molecule has 0 aliphatic carbocycles. The van der Waals surface area contributed by atoms with E-state index < -0.39 is 0 Å². The average Bonchev–Trinajstić information content (AvgIpc) is 3.01. The van der Waals surface area contributed by atoms with E-state index in [1.54, 1.807) is 0 Å². The van der Waals surface area contributed by atoms with Crippen molar-refractivity contribution < 1.29 is 19.0 Å². The van der Waals surface area contributed by atoms with Crippen LogP contribution in [0.25, 0.3) is 22.0 Å². The van der Waals surface area contributed by atoms with Crippen LogP contribution >= 0.6 is 0 Å². The van der Waals surface area contributed by atoms with E-state index >= 15 is 0 Å². The van der Waals surface area contributed by atoms with Crippen LogP contribution in [0.3, 0.4) is 0 Å². The molecule has 0 unspecified atom stereocenters. The number of nitrogens with one attached hydrogen (secondary N) is 1. The predicted molar refractivity (Wildman–Crippen MR) is 165 cm³/mol. The molecule has 0 atom stereocenters. The quantitative estimate of drug-likeness (QED) is 0.191. The Labute approximate surface area is 248 Å². The van der Waals surface area contributed by atoms with Gasteiger partial charge in [0.2, 0.25) is 0 Å². The van der Waals surface area contributed by atoms with Gasteiger partial charge in [0.25, 0.3) is 0 Å². The molecular weight excluding hydrogens is 528 g/mol. The lowest BCUT2D eigenvalue weighted by Crippen LogP contribution is -2.37. The molecule has 42 heavy (non-hydrogen) atoms. The van der Waals surface area contributed by atoms with Crippen LogP contribution in [0.1, 0.15) is 34.4 Å². The lowest BCUT2D eigenvalue weighted by Gasteiger charge is -2.26. The average molecular weight is 569 g/mol. The molecule has 0 saturated carbocycles. The van der Waals surface area contributed by atoms with Crippen LogP contribution in [-0.2, 0) is 27.2 Å². The number of aromatic nitrogens is 2. The SMILES string of the molecule is COC(=O)CNCc1cnc2c(Cc3cccc(-c4cccc(OCCCN5CCOCC5)c4C)c3C)nccc2c1. The van der Waals surface area contributed by atoms with Crippen molar-refractivity contribution in [3.63, 3.8) is 0 Å². The van der Waals surface area contributed by atoms with Crippen molar-refractivity contribution >= 4 is 16.9 Å². The van der Waals surface area contributed by atoms with E-state index in [4.69, 9.17) is 24.2 Å². The molecular formula is C34H40N4O4. The molecule has 0 amide bonds. The Bertz CT molecular complexity index is 1520. The van der Waals surface area contributed by atoms with Crippen LogP contribution in [0.5, 0.6) is 5.75 Å². The van der Waals surface area contributed by atoms with Gasteiger partial charge in [-0.1, -0.05) is 30.3 Å². The fraction of sp³-hybridized carbons (Fsp3) is 0.382. The van der Waals surface area contributed by atoms with Crippen LogP contribution in [0.15, 0.2) is 60.9 Å². The summed E-state index contributed by atoms with van der Waals surface area (Å²) >= 11 is 0. The molecule has 0 spiro atoms. The third-order valence-corrected chi connectivity index (χ3v) is 7.92. The Balaban J connectivity index is 1.29. The van der Waals surface area contributed by atoms with E-state index in [9.17, 15) is 4.79 Å². The van der Waals surface area contributed by atoms with E-state index in [1.807, 2.05) is 18.5 Å². The summed E-state index contributed by atoms with van der Waals surface area (Å²) in [4.78, 5) is 23.3. The molecule has 2 aromatic heterocycles. The number of carbonyl (C=O) groups is 1. The second-order valence-electron chi connectivity index (χ2n) is 10.7. The Morgan fingerprint density at radius 1 is 1.02 bits per heavy atom. The molecule has 2 aromatic carbocycles. The molecule has 1 aliphatic heterocycles. The topological polar surface area (TPSA) is 85.8 Å². The van der Waals surface area contributed by atoms with E-state index in [-0.39, 0.29) is 12.5 Å². The number of hydrogen-bond acceptors (Lipinski definition) is 8. The van der Waals surface area contributed by atoms with Crippen molar-refractivity contribution in [1.29, 1.82) is 0 Å². The molecule has 0 bridgehead atoms. The van der Waals surface area contributed by atoms with E-state index in [2.05, 4.69) is 66.5 Å². The second-order valence-corrected chi connectivity index (χ2v) is 10.7. The molecule has 1 N–H and O–H groups in total. The van der Waals surface area contributed by atoms with Gasteiger partial charge in [0.15, 0.2) is 0 Å². The Hall–Kier alpha value is -3.85.